The van der Waals surface area contributed by atoms with Crippen molar-refractivity contribution in [1.29, 1.82) is 0 Å². The maximum absolute atomic E-state index is 14.4. The second kappa shape index (κ2) is 6.03. The number of benzene rings is 1. The summed E-state index contributed by atoms with van der Waals surface area (Å²) in [5.41, 5.74) is 0.698. The van der Waals surface area contributed by atoms with E-state index in [4.69, 9.17) is 11.6 Å². The highest BCUT2D eigenvalue weighted by Crippen LogP contribution is 2.51. The fourth-order valence-electron chi connectivity index (χ4n) is 3.19. The van der Waals surface area contributed by atoms with Crippen LogP contribution in [0.1, 0.15) is 46.1 Å². The van der Waals surface area contributed by atoms with Crippen LogP contribution in [0.4, 0.5) is 4.39 Å². The summed E-state index contributed by atoms with van der Waals surface area (Å²) >= 11 is 5.97. The molecule has 0 aliphatic heterocycles. The summed E-state index contributed by atoms with van der Waals surface area (Å²) in [6, 6.07) is 5.80. The Morgan fingerprint density at radius 1 is 1.30 bits per heavy atom. The van der Waals surface area contributed by atoms with Crippen molar-refractivity contribution in [3.05, 3.63) is 34.6 Å². The van der Waals surface area contributed by atoms with Gasteiger partial charge in [-0.25, -0.2) is 4.39 Å². The summed E-state index contributed by atoms with van der Waals surface area (Å²) in [6.07, 6.45) is 2.09. The number of hydrogen-bond acceptors (Lipinski definition) is 1. The van der Waals surface area contributed by atoms with Gasteiger partial charge >= 0.3 is 0 Å². The fraction of sp³-hybridized carbons (Fsp3) is 0.647. The van der Waals surface area contributed by atoms with Crippen LogP contribution in [0.15, 0.2) is 18.2 Å². The molecule has 112 valence electrons. The molecule has 0 radical (unpaired) electrons. The number of nitrogens with one attached hydrogen (secondary N) is 1. The molecule has 0 aromatic heterocycles. The van der Waals surface area contributed by atoms with Gasteiger partial charge in [0.05, 0.1) is 5.02 Å². The highest BCUT2D eigenvalue weighted by Gasteiger charge is 2.47. The molecule has 1 aromatic carbocycles. The molecule has 0 atom stereocenters. The molecule has 0 unspecified atom stereocenters. The minimum Gasteiger partial charge on any atom is -0.314 e. The molecule has 0 bridgehead atoms. The van der Waals surface area contributed by atoms with Crippen molar-refractivity contribution in [2.24, 2.45) is 11.8 Å². The minimum absolute atomic E-state index is 0.0891. The quantitative estimate of drug-likeness (QED) is 0.824. The number of halogens is 2. The van der Waals surface area contributed by atoms with Crippen molar-refractivity contribution in [3.63, 3.8) is 0 Å². The van der Waals surface area contributed by atoms with E-state index >= 15 is 0 Å². The van der Waals surface area contributed by atoms with Crippen LogP contribution in [0.25, 0.3) is 0 Å². The molecule has 3 heteroatoms. The first-order valence-corrected chi connectivity index (χ1v) is 7.91. The predicted octanol–water partition coefficient (Wildman–Crippen LogP) is 4.78. The molecule has 1 nitrogen and oxygen atoms in total. The van der Waals surface area contributed by atoms with E-state index in [2.05, 4.69) is 33.0 Å². The lowest BCUT2D eigenvalue weighted by Crippen LogP contribution is -2.51. The molecule has 1 N–H and O–H groups in total. The summed E-state index contributed by atoms with van der Waals surface area (Å²) < 4.78 is 14.4. The van der Waals surface area contributed by atoms with E-state index in [1.807, 2.05) is 12.1 Å². The predicted molar refractivity (Wildman–Crippen MR) is 83.8 cm³/mol. The first-order valence-electron chi connectivity index (χ1n) is 7.53. The fourth-order valence-corrected chi connectivity index (χ4v) is 3.36. The van der Waals surface area contributed by atoms with E-state index in [0.29, 0.717) is 17.9 Å². The molecule has 2 rings (SSSR count). The zero-order chi connectivity index (χ0) is 14.9. The Balaban J connectivity index is 2.26. The number of rotatable bonds is 5. The summed E-state index contributed by atoms with van der Waals surface area (Å²) in [5, 5.41) is 3.72. The Hall–Kier alpha value is -0.600. The van der Waals surface area contributed by atoms with Gasteiger partial charge in [-0.2, -0.15) is 0 Å². The molecular formula is C17H25ClFN. The lowest BCUT2D eigenvalue weighted by molar-refractivity contribution is 0.0926. The molecule has 1 aliphatic rings. The molecule has 1 aromatic rings. The topological polar surface area (TPSA) is 12.0 Å². The lowest BCUT2D eigenvalue weighted by atomic mass is 9.55. The van der Waals surface area contributed by atoms with E-state index in [1.165, 1.54) is 0 Å². The van der Waals surface area contributed by atoms with Gasteiger partial charge in [0.2, 0.25) is 0 Å². The van der Waals surface area contributed by atoms with Crippen LogP contribution in [-0.2, 0) is 5.41 Å². The van der Waals surface area contributed by atoms with E-state index in [1.54, 1.807) is 6.07 Å². The first kappa shape index (κ1) is 15.8. The van der Waals surface area contributed by atoms with Crippen LogP contribution < -0.4 is 5.32 Å². The van der Waals surface area contributed by atoms with E-state index in [9.17, 15) is 4.39 Å². The minimum atomic E-state index is -0.234. The summed E-state index contributed by atoms with van der Waals surface area (Å²) in [6.45, 7) is 9.57. The smallest absolute Gasteiger partial charge is 0.145 e. The van der Waals surface area contributed by atoms with Gasteiger partial charge in [0.15, 0.2) is 0 Å². The third-order valence-corrected chi connectivity index (χ3v) is 4.91. The van der Waals surface area contributed by atoms with Gasteiger partial charge in [0.1, 0.15) is 5.82 Å². The highest BCUT2D eigenvalue weighted by atomic mass is 35.5. The van der Waals surface area contributed by atoms with Gasteiger partial charge < -0.3 is 5.32 Å². The maximum Gasteiger partial charge on any atom is 0.145 e. The van der Waals surface area contributed by atoms with Crippen molar-refractivity contribution >= 4 is 11.6 Å². The van der Waals surface area contributed by atoms with Crippen LogP contribution in [0, 0.1) is 17.7 Å². The highest BCUT2D eigenvalue weighted by molar-refractivity contribution is 6.30. The van der Waals surface area contributed by atoms with Crippen LogP contribution in [-0.4, -0.2) is 12.6 Å². The van der Waals surface area contributed by atoms with Crippen LogP contribution in [0.2, 0.25) is 5.02 Å². The Kier molecular flexibility index (Phi) is 4.76. The van der Waals surface area contributed by atoms with Crippen molar-refractivity contribution < 1.29 is 4.39 Å². The Bertz CT molecular complexity index is 459. The molecule has 0 heterocycles. The van der Waals surface area contributed by atoms with Crippen LogP contribution in [0.5, 0.6) is 0 Å². The van der Waals surface area contributed by atoms with Gasteiger partial charge in [0, 0.05) is 18.0 Å². The molecule has 20 heavy (non-hydrogen) atoms. The summed E-state index contributed by atoms with van der Waals surface area (Å²) in [4.78, 5) is 0. The van der Waals surface area contributed by atoms with Crippen molar-refractivity contribution in [2.45, 2.75) is 52.0 Å². The van der Waals surface area contributed by atoms with Gasteiger partial charge in [-0.15, -0.1) is 0 Å². The molecule has 0 spiro atoms. The van der Waals surface area contributed by atoms with Crippen LogP contribution in [0.3, 0.4) is 0 Å². The van der Waals surface area contributed by atoms with Crippen molar-refractivity contribution in [3.8, 4) is 0 Å². The Morgan fingerprint density at radius 2 is 1.95 bits per heavy atom. The second-order valence-electron chi connectivity index (χ2n) is 6.83. The molecule has 1 fully saturated rings. The molecule has 0 amide bonds. The average molecular weight is 298 g/mol. The van der Waals surface area contributed by atoms with Crippen LogP contribution >= 0.6 is 11.6 Å². The number of hydrogen-bond donors (Lipinski definition) is 1. The van der Waals surface area contributed by atoms with Gasteiger partial charge in [-0.3, -0.25) is 0 Å². The summed E-state index contributed by atoms with van der Waals surface area (Å²) in [5.74, 6) is 1.11. The second-order valence-corrected chi connectivity index (χ2v) is 7.24. The third-order valence-electron chi connectivity index (χ3n) is 4.62. The third kappa shape index (κ3) is 3.01. The van der Waals surface area contributed by atoms with E-state index in [-0.39, 0.29) is 16.3 Å². The maximum atomic E-state index is 14.4. The SMILES string of the molecule is CC(C)NCC1(c2cccc(Cl)c2F)CC(C(C)C)C1. The molecule has 1 saturated carbocycles. The zero-order valence-electron chi connectivity index (χ0n) is 12.8. The summed E-state index contributed by atoms with van der Waals surface area (Å²) in [7, 11) is 0. The van der Waals surface area contributed by atoms with Crippen molar-refractivity contribution in [1.82, 2.24) is 5.32 Å². The zero-order valence-corrected chi connectivity index (χ0v) is 13.6. The average Bonchev–Trinajstić information content (AvgIpc) is 2.31. The van der Waals surface area contributed by atoms with Gasteiger partial charge in [-0.05, 0) is 36.3 Å². The molecule has 0 saturated heterocycles. The lowest BCUT2D eigenvalue weighted by Gasteiger charge is -2.50. The van der Waals surface area contributed by atoms with Gasteiger partial charge in [0.25, 0.3) is 0 Å². The van der Waals surface area contributed by atoms with E-state index in [0.717, 1.165) is 24.9 Å². The van der Waals surface area contributed by atoms with Gasteiger partial charge in [-0.1, -0.05) is 51.4 Å². The van der Waals surface area contributed by atoms with E-state index < -0.39 is 0 Å². The monoisotopic (exact) mass is 297 g/mol. The molecular weight excluding hydrogens is 273 g/mol. The Labute approximate surface area is 126 Å². The largest absolute Gasteiger partial charge is 0.314 e. The normalized spacial score (nSPS) is 26.1. The van der Waals surface area contributed by atoms with Crippen molar-refractivity contribution in [2.75, 3.05) is 6.54 Å². The standard InChI is InChI=1S/C17H25ClFN/c1-11(2)13-8-17(9-13,10-20-12(3)4)14-6-5-7-15(18)16(14)19/h5-7,11-13,20H,8-10H2,1-4H3. The molecule has 1 aliphatic carbocycles. The first-order chi connectivity index (χ1) is 9.35. The Morgan fingerprint density at radius 3 is 2.50 bits per heavy atom.